The summed E-state index contributed by atoms with van der Waals surface area (Å²) < 4.78 is 19.4. The molecule has 0 radical (unpaired) electrons. The van der Waals surface area contributed by atoms with Gasteiger partial charge in [0.2, 0.25) is 5.88 Å². The Hall–Kier alpha value is -3.15. The molecular weight excluding hydrogens is 442 g/mol. The normalized spacial score (nSPS) is 16.3. The molecule has 0 aliphatic carbocycles. The van der Waals surface area contributed by atoms with Gasteiger partial charge in [-0.15, -0.1) is 6.42 Å². The van der Waals surface area contributed by atoms with E-state index in [0.29, 0.717) is 25.5 Å². The zero-order chi connectivity index (χ0) is 24.5. The molecule has 35 heavy (non-hydrogen) atoms. The third-order valence-corrected chi connectivity index (χ3v) is 5.93. The van der Waals surface area contributed by atoms with E-state index < -0.39 is 6.10 Å². The SMILES string of the molecule is C#CCOCC(O)CN(Cc1c(-c2ccccc2)nn(C)c1Oc1ccccc1)CC1CCCO1. The number of ether oxygens (including phenoxy) is 3. The summed E-state index contributed by atoms with van der Waals surface area (Å²) in [5.41, 5.74) is 2.82. The van der Waals surface area contributed by atoms with Crippen molar-refractivity contribution in [2.45, 2.75) is 31.6 Å². The van der Waals surface area contributed by atoms with Crippen LogP contribution in [-0.4, -0.2) is 64.9 Å². The first-order chi connectivity index (χ1) is 17.1. The first-order valence-corrected chi connectivity index (χ1v) is 12.0. The number of para-hydroxylation sites is 1. The molecular formula is C28H33N3O4. The Morgan fingerprint density at radius 2 is 1.94 bits per heavy atom. The minimum absolute atomic E-state index is 0.129. The van der Waals surface area contributed by atoms with Crippen LogP contribution in [0.5, 0.6) is 11.6 Å². The molecule has 0 spiro atoms. The quantitative estimate of drug-likeness (QED) is 0.317. The fourth-order valence-electron chi connectivity index (χ4n) is 4.36. The third-order valence-electron chi connectivity index (χ3n) is 5.93. The van der Waals surface area contributed by atoms with Gasteiger partial charge in [0.05, 0.1) is 24.4 Å². The lowest BCUT2D eigenvalue weighted by molar-refractivity contribution is 0.00943. The first-order valence-electron chi connectivity index (χ1n) is 12.0. The van der Waals surface area contributed by atoms with E-state index in [4.69, 9.17) is 25.7 Å². The van der Waals surface area contributed by atoms with Crippen molar-refractivity contribution in [3.8, 4) is 35.2 Å². The molecule has 1 aliphatic rings. The molecule has 2 atom stereocenters. The van der Waals surface area contributed by atoms with E-state index in [0.717, 1.165) is 42.0 Å². The maximum atomic E-state index is 10.7. The fraction of sp³-hybridized carbons (Fsp3) is 0.393. The van der Waals surface area contributed by atoms with Crippen molar-refractivity contribution < 1.29 is 19.3 Å². The number of aliphatic hydroxyl groups is 1. The number of terminal acetylenes is 1. The number of rotatable bonds is 12. The van der Waals surface area contributed by atoms with Gasteiger partial charge in [0.15, 0.2) is 0 Å². The van der Waals surface area contributed by atoms with Gasteiger partial charge in [-0.2, -0.15) is 5.10 Å². The van der Waals surface area contributed by atoms with Crippen molar-refractivity contribution in [3.05, 3.63) is 66.2 Å². The van der Waals surface area contributed by atoms with Gasteiger partial charge in [-0.1, -0.05) is 54.5 Å². The molecule has 1 fully saturated rings. The smallest absolute Gasteiger partial charge is 0.222 e. The fourth-order valence-corrected chi connectivity index (χ4v) is 4.36. The number of hydrogen-bond donors (Lipinski definition) is 1. The molecule has 4 rings (SSSR count). The molecule has 2 heterocycles. The molecule has 1 N–H and O–H groups in total. The lowest BCUT2D eigenvalue weighted by atomic mass is 10.1. The van der Waals surface area contributed by atoms with Crippen LogP contribution in [0.1, 0.15) is 18.4 Å². The third kappa shape index (κ3) is 6.93. The van der Waals surface area contributed by atoms with Gasteiger partial charge in [-0.25, -0.2) is 4.68 Å². The van der Waals surface area contributed by atoms with Crippen LogP contribution in [0.25, 0.3) is 11.3 Å². The van der Waals surface area contributed by atoms with Gasteiger partial charge in [-0.05, 0) is 25.0 Å². The Morgan fingerprint density at radius 1 is 1.20 bits per heavy atom. The Balaban J connectivity index is 1.64. The number of hydrogen-bond acceptors (Lipinski definition) is 6. The van der Waals surface area contributed by atoms with Crippen LogP contribution in [0.4, 0.5) is 0 Å². The maximum Gasteiger partial charge on any atom is 0.222 e. The Kier molecular flexibility index (Phi) is 8.93. The molecule has 2 unspecified atom stereocenters. The van der Waals surface area contributed by atoms with E-state index in [2.05, 4.69) is 10.8 Å². The van der Waals surface area contributed by atoms with Gasteiger partial charge in [-0.3, -0.25) is 4.90 Å². The number of aryl methyl sites for hydroxylation is 1. The summed E-state index contributed by atoms with van der Waals surface area (Å²) in [6, 6.07) is 19.8. The molecule has 1 saturated heterocycles. The minimum atomic E-state index is -0.680. The summed E-state index contributed by atoms with van der Waals surface area (Å²) in [5, 5.41) is 15.5. The van der Waals surface area contributed by atoms with Crippen LogP contribution in [0.2, 0.25) is 0 Å². The molecule has 0 amide bonds. The second kappa shape index (κ2) is 12.5. The van der Waals surface area contributed by atoms with Crippen molar-refractivity contribution in [2.75, 3.05) is 32.9 Å². The average Bonchev–Trinajstić information content (AvgIpc) is 3.49. The summed E-state index contributed by atoms with van der Waals surface area (Å²) in [4.78, 5) is 2.20. The maximum absolute atomic E-state index is 10.7. The van der Waals surface area contributed by atoms with Crippen LogP contribution < -0.4 is 4.74 Å². The highest BCUT2D eigenvalue weighted by Gasteiger charge is 2.26. The summed E-state index contributed by atoms with van der Waals surface area (Å²) >= 11 is 0. The molecule has 184 valence electrons. The topological polar surface area (TPSA) is 69.0 Å². The van der Waals surface area contributed by atoms with Crippen molar-refractivity contribution in [1.29, 1.82) is 0 Å². The van der Waals surface area contributed by atoms with Crippen molar-refractivity contribution in [1.82, 2.24) is 14.7 Å². The van der Waals surface area contributed by atoms with Gasteiger partial charge in [0, 0.05) is 38.9 Å². The predicted molar refractivity (Wildman–Crippen MR) is 135 cm³/mol. The molecule has 7 nitrogen and oxygen atoms in total. The summed E-state index contributed by atoms with van der Waals surface area (Å²) in [6.45, 7) is 2.78. The van der Waals surface area contributed by atoms with E-state index in [1.165, 1.54) is 0 Å². The monoisotopic (exact) mass is 475 g/mol. The lowest BCUT2D eigenvalue weighted by Gasteiger charge is -2.27. The first kappa shape index (κ1) is 25.0. The number of aliphatic hydroxyl groups excluding tert-OH is 1. The molecule has 0 saturated carbocycles. The highest BCUT2D eigenvalue weighted by molar-refractivity contribution is 5.65. The molecule has 1 aromatic heterocycles. The molecule has 1 aliphatic heterocycles. The van der Waals surface area contributed by atoms with E-state index in [-0.39, 0.29) is 19.3 Å². The Labute approximate surface area is 207 Å². The van der Waals surface area contributed by atoms with Gasteiger partial charge < -0.3 is 19.3 Å². The van der Waals surface area contributed by atoms with Gasteiger partial charge >= 0.3 is 0 Å². The highest BCUT2D eigenvalue weighted by atomic mass is 16.5. The van der Waals surface area contributed by atoms with Crippen LogP contribution in [0, 0.1) is 12.3 Å². The standard InChI is InChI=1S/C28H33N3O4/c1-3-16-33-21-23(32)18-31(19-25-15-10-17-34-25)20-26-27(22-11-6-4-7-12-22)29-30(2)28(26)35-24-13-8-5-9-14-24/h1,4-9,11-14,23,25,32H,10,15-21H2,2H3. The second-order valence-corrected chi connectivity index (χ2v) is 8.74. The van der Waals surface area contributed by atoms with Crippen LogP contribution in [0.3, 0.4) is 0 Å². The van der Waals surface area contributed by atoms with Crippen molar-refractivity contribution >= 4 is 0 Å². The largest absolute Gasteiger partial charge is 0.439 e. The predicted octanol–water partition coefficient (Wildman–Crippen LogP) is 3.87. The van der Waals surface area contributed by atoms with Crippen molar-refractivity contribution in [2.24, 2.45) is 7.05 Å². The number of benzene rings is 2. The van der Waals surface area contributed by atoms with Crippen LogP contribution in [0.15, 0.2) is 60.7 Å². The molecule has 2 aromatic carbocycles. The summed E-state index contributed by atoms with van der Waals surface area (Å²) in [7, 11) is 1.89. The number of nitrogens with zero attached hydrogens (tertiary/aromatic N) is 3. The minimum Gasteiger partial charge on any atom is -0.439 e. The summed E-state index contributed by atoms with van der Waals surface area (Å²) in [6.07, 6.45) is 6.78. The molecule has 3 aromatic rings. The lowest BCUT2D eigenvalue weighted by Crippen LogP contribution is -2.39. The van der Waals surface area contributed by atoms with E-state index >= 15 is 0 Å². The van der Waals surface area contributed by atoms with E-state index in [1.54, 1.807) is 4.68 Å². The van der Waals surface area contributed by atoms with Gasteiger partial charge in [0.1, 0.15) is 18.1 Å². The zero-order valence-electron chi connectivity index (χ0n) is 20.2. The average molecular weight is 476 g/mol. The molecule has 7 heteroatoms. The van der Waals surface area contributed by atoms with Crippen molar-refractivity contribution in [3.63, 3.8) is 0 Å². The molecule has 0 bridgehead atoms. The van der Waals surface area contributed by atoms with Crippen LogP contribution >= 0.6 is 0 Å². The number of aromatic nitrogens is 2. The Morgan fingerprint density at radius 3 is 2.63 bits per heavy atom. The zero-order valence-corrected chi connectivity index (χ0v) is 20.2. The van der Waals surface area contributed by atoms with Gasteiger partial charge in [0.25, 0.3) is 0 Å². The van der Waals surface area contributed by atoms with E-state index in [1.807, 2.05) is 67.7 Å². The van der Waals surface area contributed by atoms with E-state index in [9.17, 15) is 5.11 Å². The van der Waals surface area contributed by atoms with Crippen LogP contribution in [-0.2, 0) is 23.1 Å². The Bertz CT molecular complexity index is 1090. The highest BCUT2D eigenvalue weighted by Crippen LogP contribution is 2.34. The second-order valence-electron chi connectivity index (χ2n) is 8.74. The summed E-state index contributed by atoms with van der Waals surface area (Å²) in [5.74, 6) is 3.85.